The Morgan fingerprint density at radius 3 is 2.09 bits per heavy atom. The molecule has 35 heavy (non-hydrogen) atoms. The van der Waals surface area contributed by atoms with Crippen LogP contribution in [0.25, 0.3) is 0 Å². The van der Waals surface area contributed by atoms with Gasteiger partial charge in [-0.15, -0.1) is 0 Å². The normalized spacial score (nSPS) is 27.2. The van der Waals surface area contributed by atoms with Gasteiger partial charge < -0.3 is 4.74 Å². The standard InChI is InChI=1S/C32H34N2O/c33-24-32(27-12-6-2-7-13-27,28-14-8-3-9-15-28)22-26-20-30-31(21-26)17-16-29(31)34(30)18-19-35-23-25-10-4-1-5-11-25/h1-15,26,29-30H,16-23H2/t26?,29-,30-,31?/m0/s1. The van der Waals surface area contributed by atoms with Gasteiger partial charge in [0, 0.05) is 24.0 Å². The fraction of sp³-hybridized carbons (Fsp3) is 0.406. The van der Waals surface area contributed by atoms with E-state index in [-0.39, 0.29) is 0 Å². The molecular formula is C32H34N2O. The molecule has 4 atom stereocenters. The number of hydrogen-bond acceptors (Lipinski definition) is 3. The quantitative estimate of drug-likeness (QED) is 0.348. The summed E-state index contributed by atoms with van der Waals surface area (Å²) in [5.74, 6) is 0.568. The van der Waals surface area contributed by atoms with E-state index >= 15 is 0 Å². The molecule has 3 aromatic carbocycles. The lowest BCUT2D eigenvalue weighted by Gasteiger charge is -2.68. The van der Waals surface area contributed by atoms with Crippen LogP contribution in [-0.2, 0) is 16.8 Å². The van der Waals surface area contributed by atoms with Crippen molar-refractivity contribution in [1.29, 1.82) is 5.26 Å². The zero-order valence-corrected chi connectivity index (χ0v) is 20.4. The first-order valence-electron chi connectivity index (χ1n) is 13.1. The Hall–Kier alpha value is -2.93. The van der Waals surface area contributed by atoms with Gasteiger partial charge in [0.1, 0.15) is 5.41 Å². The van der Waals surface area contributed by atoms with Crippen LogP contribution in [0.3, 0.4) is 0 Å². The number of piperidine rings is 1. The van der Waals surface area contributed by atoms with Crippen LogP contribution in [0.15, 0.2) is 91.0 Å². The lowest BCUT2D eigenvalue weighted by Crippen LogP contribution is -2.74. The van der Waals surface area contributed by atoms with Gasteiger partial charge in [-0.2, -0.15) is 5.26 Å². The molecule has 0 amide bonds. The van der Waals surface area contributed by atoms with Gasteiger partial charge in [0.05, 0.1) is 19.3 Å². The number of hydrogen-bond donors (Lipinski definition) is 0. The topological polar surface area (TPSA) is 36.3 Å². The number of benzene rings is 3. The summed E-state index contributed by atoms with van der Waals surface area (Å²) in [5.41, 5.74) is 3.41. The third-order valence-electron chi connectivity index (χ3n) is 9.16. The van der Waals surface area contributed by atoms with Crippen LogP contribution in [-0.4, -0.2) is 30.1 Å². The van der Waals surface area contributed by atoms with Gasteiger partial charge in [-0.05, 0) is 54.7 Å². The second kappa shape index (κ2) is 9.26. The van der Waals surface area contributed by atoms with Crippen molar-refractivity contribution < 1.29 is 4.74 Å². The number of likely N-dealkylation sites (tertiary alicyclic amines) is 1. The molecule has 1 spiro atoms. The minimum atomic E-state index is -0.587. The Morgan fingerprint density at radius 2 is 1.51 bits per heavy atom. The van der Waals surface area contributed by atoms with E-state index in [1.165, 1.54) is 31.2 Å². The largest absolute Gasteiger partial charge is 0.375 e. The third kappa shape index (κ3) is 3.80. The van der Waals surface area contributed by atoms with Gasteiger partial charge in [-0.25, -0.2) is 0 Å². The van der Waals surface area contributed by atoms with E-state index in [1.807, 2.05) is 18.2 Å². The average Bonchev–Trinajstić information content (AvgIpc) is 3.28. The highest BCUT2D eigenvalue weighted by atomic mass is 16.5. The number of rotatable bonds is 9. The Kier molecular flexibility index (Phi) is 5.96. The zero-order chi connectivity index (χ0) is 23.7. The van der Waals surface area contributed by atoms with Gasteiger partial charge in [-0.1, -0.05) is 91.0 Å². The second-order valence-electron chi connectivity index (χ2n) is 10.8. The molecule has 0 radical (unpaired) electrons. The first-order chi connectivity index (χ1) is 17.2. The van der Waals surface area contributed by atoms with E-state index in [1.54, 1.807) is 0 Å². The molecule has 0 aromatic heterocycles. The SMILES string of the molecule is N#CC(CC1C[C@@H]2N(CCOCc3ccccc3)[C@H]3CCC32C1)(c1ccccc1)c1ccccc1. The Labute approximate surface area is 209 Å². The molecule has 6 rings (SSSR count). The van der Waals surface area contributed by atoms with E-state index in [2.05, 4.69) is 83.8 Å². The molecule has 3 fully saturated rings. The van der Waals surface area contributed by atoms with Crippen LogP contribution < -0.4 is 0 Å². The first kappa shape index (κ1) is 22.5. The van der Waals surface area contributed by atoms with Crippen LogP contribution >= 0.6 is 0 Å². The van der Waals surface area contributed by atoms with Crippen molar-refractivity contribution in [3.8, 4) is 6.07 Å². The molecule has 1 aliphatic heterocycles. The van der Waals surface area contributed by atoms with Gasteiger partial charge in [0.15, 0.2) is 0 Å². The van der Waals surface area contributed by atoms with Crippen molar-refractivity contribution in [1.82, 2.24) is 4.90 Å². The molecule has 0 N–H and O–H groups in total. The molecule has 178 valence electrons. The molecule has 2 saturated carbocycles. The minimum absolute atomic E-state index is 0.499. The van der Waals surface area contributed by atoms with Crippen molar-refractivity contribution >= 4 is 0 Å². The van der Waals surface area contributed by atoms with Gasteiger partial charge in [0.2, 0.25) is 0 Å². The Bertz CT molecular complexity index is 1130. The number of nitrogens with zero attached hydrogens (tertiary/aromatic N) is 2. The monoisotopic (exact) mass is 462 g/mol. The van der Waals surface area contributed by atoms with E-state index in [0.717, 1.165) is 36.7 Å². The predicted molar refractivity (Wildman–Crippen MR) is 139 cm³/mol. The van der Waals surface area contributed by atoms with E-state index in [9.17, 15) is 5.26 Å². The fourth-order valence-corrected chi connectivity index (χ4v) is 7.53. The van der Waals surface area contributed by atoms with Crippen LogP contribution in [0.2, 0.25) is 0 Å². The van der Waals surface area contributed by atoms with Crippen molar-refractivity contribution in [2.75, 3.05) is 13.2 Å². The number of ether oxygens (including phenoxy) is 1. The number of nitriles is 1. The highest BCUT2D eigenvalue weighted by Crippen LogP contribution is 2.67. The van der Waals surface area contributed by atoms with E-state index in [0.29, 0.717) is 24.0 Å². The molecule has 1 heterocycles. The van der Waals surface area contributed by atoms with E-state index < -0.39 is 5.41 Å². The molecule has 3 nitrogen and oxygen atoms in total. The summed E-state index contributed by atoms with van der Waals surface area (Å²) in [4.78, 5) is 2.73. The highest BCUT2D eigenvalue weighted by molar-refractivity contribution is 5.46. The smallest absolute Gasteiger partial charge is 0.107 e. The predicted octanol–water partition coefficient (Wildman–Crippen LogP) is 6.35. The van der Waals surface area contributed by atoms with Crippen molar-refractivity contribution in [3.63, 3.8) is 0 Å². The van der Waals surface area contributed by atoms with Gasteiger partial charge in [0.25, 0.3) is 0 Å². The zero-order valence-electron chi connectivity index (χ0n) is 20.4. The van der Waals surface area contributed by atoms with Gasteiger partial charge >= 0.3 is 0 Å². The van der Waals surface area contributed by atoms with Crippen LogP contribution in [0, 0.1) is 22.7 Å². The molecule has 0 bridgehead atoms. The summed E-state index contributed by atoms with van der Waals surface area (Å²) in [7, 11) is 0. The maximum atomic E-state index is 10.6. The first-order valence-corrected chi connectivity index (χ1v) is 13.1. The van der Waals surface area contributed by atoms with Gasteiger partial charge in [-0.3, -0.25) is 4.90 Å². The maximum absolute atomic E-state index is 10.6. The third-order valence-corrected chi connectivity index (χ3v) is 9.16. The summed E-state index contributed by atoms with van der Waals surface area (Å²) in [5, 5.41) is 10.6. The lowest BCUT2D eigenvalue weighted by molar-refractivity contribution is -0.192. The van der Waals surface area contributed by atoms with Crippen molar-refractivity contribution in [2.24, 2.45) is 11.3 Å². The molecular weight excluding hydrogens is 428 g/mol. The van der Waals surface area contributed by atoms with Crippen molar-refractivity contribution in [2.45, 2.75) is 56.2 Å². The molecule has 2 unspecified atom stereocenters. The molecule has 2 aliphatic carbocycles. The van der Waals surface area contributed by atoms with Crippen LogP contribution in [0.5, 0.6) is 0 Å². The summed E-state index contributed by atoms with van der Waals surface area (Å²) < 4.78 is 6.04. The molecule has 3 heteroatoms. The Morgan fingerprint density at radius 1 is 0.886 bits per heavy atom. The summed E-state index contributed by atoms with van der Waals surface area (Å²) in [6.07, 6.45) is 6.06. The van der Waals surface area contributed by atoms with Crippen LogP contribution in [0.1, 0.15) is 48.8 Å². The summed E-state index contributed by atoms with van der Waals surface area (Å²) in [6, 6.07) is 35.6. The minimum Gasteiger partial charge on any atom is -0.375 e. The highest BCUT2D eigenvalue weighted by Gasteiger charge is 2.68. The lowest BCUT2D eigenvalue weighted by atomic mass is 9.53. The maximum Gasteiger partial charge on any atom is 0.107 e. The molecule has 3 aliphatic rings. The molecule has 1 saturated heterocycles. The fourth-order valence-electron chi connectivity index (χ4n) is 7.53. The average molecular weight is 463 g/mol. The summed E-state index contributed by atoms with van der Waals surface area (Å²) in [6.45, 7) is 2.51. The van der Waals surface area contributed by atoms with Crippen LogP contribution in [0.4, 0.5) is 0 Å². The second-order valence-corrected chi connectivity index (χ2v) is 10.8. The van der Waals surface area contributed by atoms with E-state index in [4.69, 9.17) is 4.74 Å². The molecule has 3 aromatic rings. The van der Waals surface area contributed by atoms with Crippen molar-refractivity contribution in [3.05, 3.63) is 108 Å². The Balaban J connectivity index is 1.15. The summed E-state index contributed by atoms with van der Waals surface area (Å²) >= 11 is 0.